The molecule has 5 heteroatoms. The van der Waals surface area contributed by atoms with Gasteiger partial charge in [-0.15, -0.1) is 11.3 Å². The first-order valence-corrected chi connectivity index (χ1v) is 8.38. The number of piperidine rings is 1. The second-order valence-corrected chi connectivity index (χ2v) is 6.39. The number of rotatable bonds is 3. The molecule has 1 aliphatic heterocycles. The summed E-state index contributed by atoms with van der Waals surface area (Å²) in [5.74, 6) is 1.28. The van der Waals surface area contributed by atoms with E-state index in [1.807, 2.05) is 40.5 Å². The van der Waals surface area contributed by atoms with Crippen molar-refractivity contribution in [3.05, 3.63) is 46.7 Å². The molecule has 0 unspecified atom stereocenters. The largest absolute Gasteiger partial charge is 0.495 e. The van der Waals surface area contributed by atoms with E-state index in [9.17, 15) is 4.79 Å². The number of hydrogen-bond donors (Lipinski definition) is 1. The number of amides is 2. The molecule has 1 aromatic carbocycles. The molecular weight excluding hydrogens is 296 g/mol. The SMILES string of the molecule is COc1ccccc1NC(=O)N1CCC(c2cccs2)CC1. The molecule has 3 rings (SSSR count). The van der Waals surface area contributed by atoms with Crippen LogP contribution in [0.15, 0.2) is 41.8 Å². The van der Waals surface area contributed by atoms with Gasteiger partial charge in [-0.1, -0.05) is 18.2 Å². The number of anilines is 1. The summed E-state index contributed by atoms with van der Waals surface area (Å²) in [5, 5.41) is 5.07. The van der Waals surface area contributed by atoms with E-state index < -0.39 is 0 Å². The molecule has 1 aromatic heterocycles. The number of ether oxygens (including phenoxy) is 1. The Kier molecular flexibility index (Phi) is 4.63. The smallest absolute Gasteiger partial charge is 0.321 e. The summed E-state index contributed by atoms with van der Waals surface area (Å²) >= 11 is 1.81. The second-order valence-electron chi connectivity index (χ2n) is 5.41. The molecule has 2 amide bonds. The summed E-state index contributed by atoms with van der Waals surface area (Å²) < 4.78 is 5.27. The lowest BCUT2D eigenvalue weighted by atomic mass is 9.95. The Morgan fingerprint density at radius 1 is 1.23 bits per heavy atom. The Labute approximate surface area is 134 Å². The minimum atomic E-state index is -0.0471. The Morgan fingerprint density at radius 3 is 2.68 bits per heavy atom. The molecule has 4 nitrogen and oxygen atoms in total. The highest BCUT2D eigenvalue weighted by Crippen LogP contribution is 2.31. The van der Waals surface area contributed by atoms with E-state index in [0.717, 1.165) is 31.6 Å². The molecule has 0 saturated carbocycles. The lowest BCUT2D eigenvalue weighted by molar-refractivity contribution is 0.195. The molecule has 22 heavy (non-hydrogen) atoms. The fourth-order valence-corrected chi connectivity index (χ4v) is 3.73. The Hall–Kier alpha value is -2.01. The van der Waals surface area contributed by atoms with Gasteiger partial charge in [0.1, 0.15) is 5.75 Å². The monoisotopic (exact) mass is 316 g/mol. The maximum atomic E-state index is 12.4. The van der Waals surface area contributed by atoms with Gasteiger partial charge in [-0.3, -0.25) is 0 Å². The Bertz CT molecular complexity index is 619. The normalized spacial score (nSPS) is 15.6. The molecule has 1 N–H and O–H groups in total. The molecule has 0 radical (unpaired) electrons. The van der Waals surface area contributed by atoms with E-state index >= 15 is 0 Å². The van der Waals surface area contributed by atoms with E-state index in [0.29, 0.717) is 11.7 Å². The van der Waals surface area contributed by atoms with E-state index in [2.05, 4.69) is 22.8 Å². The summed E-state index contributed by atoms with van der Waals surface area (Å²) in [5.41, 5.74) is 0.718. The molecule has 0 aliphatic carbocycles. The number of carbonyl (C=O) groups is 1. The number of nitrogens with zero attached hydrogens (tertiary/aromatic N) is 1. The molecule has 0 atom stereocenters. The average molecular weight is 316 g/mol. The van der Waals surface area contributed by atoms with Crippen molar-refractivity contribution >= 4 is 23.1 Å². The lowest BCUT2D eigenvalue weighted by Crippen LogP contribution is -2.40. The number of urea groups is 1. The van der Waals surface area contributed by atoms with Gasteiger partial charge in [0, 0.05) is 18.0 Å². The number of para-hydroxylation sites is 2. The fraction of sp³-hybridized carbons (Fsp3) is 0.353. The standard InChI is InChI=1S/C17H20N2O2S/c1-21-15-6-3-2-5-14(15)18-17(20)19-10-8-13(9-11-19)16-7-4-12-22-16/h2-7,12-13H,8-11H2,1H3,(H,18,20). The predicted octanol–water partition coefficient (Wildman–Crippen LogP) is 4.17. The third-order valence-electron chi connectivity index (χ3n) is 4.08. The van der Waals surface area contributed by atoms with Gasteiger partial charge in [0.15, 0.2) is 0 Å². The summed E-state index contributed by atoms with van der Waals surface area (Å²) in [6.45, 7) is 1.59. The van der Waals surface area contributed by atoms with Crippen LogP contribution in [0.4, 0.5) is 10.5 Å². The first-order valence-electron chi connectivity index (χ1n) is 7.50. The molecule has 116 valence electrons. The number of hydrogen-bond acceptors (Lipinski definition) is 3. The zero-order valence-electron chi connectivity index (χ0n) is 12.6. The summed E-state index contributed by atoms with van der Waals surface area (Å²) in [6, 6.07) is 11.7. The van der Waals surface area contributed by atoms with Gasteiger partial charge in [-0.2, -0.15) is 0 Å². The fourth-order valence-electron chi connectivity index (χ4n) is 2.83. The molecule has 2 heterocycles. The van der Waals surface area contributed by atoms with Crippen LogP contribution in [0.3, 0.4) is 0 Å². The minimum Gasteiger partial charge on any atom is -0.495 e. The number of benzene rings is 1. The number of thiophene rings is 1. The average Bonchev–Trinajstić information content (AvgIpc) is 3.10. The van der Waals surface area contributed by atoms with Crippen molar-refractivity contribution in [1.29, 1.82) is 0 Å². The molecular formula is C17H20N2O2S. The van der Waals surface area contributed by atoms with Crippen LogP contribution in [0.1, 0.15) is 23.6 Å². The summed E-state index contributed by atoms with van der Waals surface area (Å²) in [6.07, 6.45) is 2.06. The van der Waals surface area contributed by atoms with Gasteiger partial charge in [0.05, 0.1) is 12.8 Å². The van der Waals surface area contributed by atoms with E-state index in [-0.39, 0.29) is 6.03 Å². The van der Waals surface area contributed by atoms with Crippen molar-refractivity contribution in [2.45, 2.75) is 18.8 Å². The number of nitrogens with one attached hydrogen (secondary N) is 1. The maximum Gasteiger partial charge on any atom is 0.321 e. The van der Waals surface area contributed by atoms with Crippen LogP contribution < -0.4 is 10.1 Å². The van der Waals surface area contributed by atoms with Gasteiger partial charge in [-0.05, 0) is 42.3 Å². The first-order chi connectivity index (χ1) is 10.8. The van der Waals surface area contributed by atoms with Crippen molar-refractivity contribution in [2.75, 3.05) is 25.5 Å². The summed E-state index contributed by atoms with van der Waals surface area (Å²) in [4.78, 5) is 15.7. The molecule has 0 bridgehead atoms. The van der Waals surface area contributed by atoms with E-state index in [4.69, 9.17) is 4.74 Å². The van der Waals surface area contributed by atoms with Gasteiger partial charge in [0.25, 0.3) is 0 Å². The lowest BCUT2D eigenvalue weighted by Gasteiger charge is -2.31. The Morgan fingerprint density at radius 2 is 2.00 bits per heavy atom. The van der Waals surface area contributed by atoms with Crippen LogP contribution in [0.2, 0.25) is 0 Å². The molecule has 1 fully saturated rings. The third-order valence-corrected chi connectivity index (χ3v) is 5.11. The summed E-state index contributed by atoms with van der Waals surface area (Å²) in [7, 11) is 1.61. The van der Waals surface area contributed by atoms with Crippen molar-refractivity contribution < 1.29 is 9.53 Å². The van der Waals surface area contributed by atoms with Crippen molar-refractivity contribution in [1.82, 2.24) is 4.90 Å². The van der Waals surface area contributed by atoms with Crippen molar-refractivity contribution in [2.24, 2.45) is 0 Å². The maximum absolute atomic E-state index is 12.4. The van der Waals surface area contributed by atoms with Crippen LogP contribution in [0.25, 0.3) is 0 Å². The number of methoxy groups -OCH3 is 1. The van der Waals surface area contributed by atoms with Crippen LogP contribution in [0.5, 0.6) is 5.75 Å². The highest BCUT2D eigenvalue weighted by atomic mass is 32.1. The zero-order valence-corrected chi connectivity index (χ0v) is 13.4. The third kappa shape index (κ3) is 3.25. The van der Waals surface area contributed by atoms with Crippen molar-refractivity contribution in [3.8, 4) is 5.75 Å². The van der Waals surface area contributed by atoms with Gasteiger partial charge in [0.2, 0.25) is 0 Å². The van der Waals surface area contributed by atoms with Crippen LogP contribution in [-0.4, -0.2) is 31.1 Å². The highest BCUT2D eigenvalue weighted by Gasteiger charge is 2.24. The predicted molar refractivity (Wildman–Crippen MR) is 89.9 cm³/mol. The second kappa shape index (κ2) is 6.83. The number of likely N-dealkylation sites (tertiary alicyclic amines) is 1. The van der Waals surface area contributed by atoms with Gasteiger partial charge < -0.3 is 15.0 Å². The molecule has 1 saturated heterocycles. The van der Waals surface area contributed by atoms with Crippen molar-refractivity contribution in [3.63, 3.8) is 0 Å². The minimum absolute atomic E-state index is 0.0471. The van der Waals surface area contributed by atoms with E-state index in [1.54, 1.807) is 7.11 Å². The van der Waals surface area contributed by atoms with E-state index in [1.165, 1.54) is 4.88 Å². The quantitative estimate of drug-likeness (QED) is 0.923. The Balaban J connectivity index is 1.58. The number of carbonyl (C=O) groups excluding carboxylic acids is 1. The first kappa shape index (κ1) is 14.9. The zero-order chi connectivity index (χ0) is 15.4. The van der Waals surface area contributed by atoms with Crippen LogP contribution in [-0.2, 0) is 0 Å². The molecule has 1 aliphatic rings. The topological polar surface area (TPSA) is 41.6 Å². The van der Waals surface area contributed by atoms with Gasteiger partial charge >= 0.3 is 6.03 Å². The van der Waals surface area contributed by atoms with Crippen LogP contribution in [0, 0.1) is 0 Å². The van der Waals surface area contributed by atoms with Gasteiger partial charge in [-0.25, -0.2) is 4.79 Å². The van der Waals surface area contributed by atoms with Crippen LogP contribution >= 0.6 is 11.3 Å². The molecule has 0 spiro atoms. The molecule has 2 aromatic rings. The highest BCUT2D eigenvalue weighted by molar-refractivity contribution is 7.10.